The van der Waals surface area contributed by atoms with Crippen LogP contribution in [0.3, 0.4) is 0 Å². The highest BCUT2D eigenvalue weighted by molar-refractivity contribution is 5.37. The fourth-order valence-corrected chi connectivity index (χ4v) is 2.28. The Hall–Kier alpha value is -0.860. The summed E-state index contributed by atoms with van der Waals surface area (Å²) in [5, 5.41) is 0. The van der Waals surface area contributed by atoms with E-state index < -0.39 is 0 Å². The Morgan fingerprint density at radius 2 is 1.76 bits per heavy atom. The highest BCUT2D eigenvalue weighted by atomic mass is 16.5. The minimum Gasteiger partial charge on any atom is -0.382 e. The van der Waals surface area contributed by atoms with Crippen LogP contribution in [-0.2, 0) is 11.2 Å². The molecule has 0 spiro atoms. The molecule has 1 rings (SSSR count). The van der Waals surface area contributed by atoms with Crippen LogP contribution in [0.2, 0.25) is 0 Å². The van der Waals surface area contributed by atoms with Crippen LogP contribution in [0.5, 0.6) is 0 Å². The van der Waals surface area contributed by atoms with Gasteiger partial charge in [-0.25, -0.2) is 0 Å². The number of aryl methyl sites for hydroxylation is 3. The number of hydrogen-bond donors (Lipinski definition) is 1. The maximum atomic E-state index is 6.14. The molecule has 0 bridgehead atoms. The summed E-state index contributed by atoms with van der Waals surface area (Å²) in [4.78, 5) is 0. The van der Waals surface area contributed by atoms with Gasteiger partial charge in [-0.15, -0.1) is 0 Å². The molecule has 1 aromatic rings. The van der Waals surface area contributed by atoms with Crippen molar-refractivity contribution in [2.75, 3.05) is 13.2 Å². The van der Waals surface area contributed by atoms with Gasteiger partial charge in [0, 0.05) is 19.3 Å². The summed E-state index contributed by atoms with van der Waals surface area (Å²) in [6.07, 6.45) is 1.88. The quantitative estimate of drug-likeness (QED) is 0.769. The number of hydrogen-bond acceptors (Lipinski definition) is 2. The minimum absolute atomic E-state index is 0.196. The van der Waals surface area contributed by atoms with E-state index in [0.29, 0.717) is 0 Å². The minimum atomic E-state index is 0.196. The summed E-state index contributed by atoms with van der Waals surface area (Å²) in [5.74, 6) is 0. The Morgan fingerprint density at radius 3 is 2.29 bits per heavy atom. The van der Waals surface area contributed by atoms with Crippen molar-refractivity contribution in [3.05, 3.63) is 34.4 Å². The standard InChI is InChI=1S/C15H25NO/c1-5-17-7-6-14(16)10-15-12(3)8-11(2)9-13(15)4/h8-9,14H,5-7,10,16H2,1-4H3. The van der Waals surface area contributed by atoms with Gasteiger partial charge in [-0.3, -0.25) is 0 Å². The van der Waals surface area contributed by atoms with E-state index in [-0.39, 0.29) is 6.04 Å². The molecule has 0 aliphatic rings. The van der Waals surface area contributed by atoms with Gasteiger partial charge in [-0.1, -0.05) is 17.7 Å². The van der Waals surface area contributed by atoms with Crippen molar-refractivity contribution in [1.82, 2.24) is 0 Å². The van der Waals surface area contributed by atoms with Crippen molar-refractivity contribution in [2.45, 2.75) is 46.6 Å². The van der Waals surface area contributed by atoms with E-state index in [1.54, 1.807) is 0 Å². The van der Waals surface area contributed by atoms with Crippen molar-refractivity contribution in [1.29, 1.82) is 0 Å². The highest BCUT2D eigenvalue weighted by Gasteiger charge is 2.09. The molecule has 0 saturated heterocycles. The Balaban J connectivity index is 2.61. The Bertz CT molecular complexity index is 337. The topological polar surface area (TPSA) is 35.2 Å². The molecule has 96 valence electrons. The van der Waals surface area contributed by atoms with Gasteiger partial charge in [0.1, 0.15) is 0 Å². The summed E-state index contributed by atoms with van der Waals surface area (Å²) in [6.45, 7) is 10.0. The van der Waals surface area contributed by atoms with E-state index in [2.05, 4.69) is 32.9 Å². The molecular formula is C15H25NO. The lowest BCUT2D eigenvalue weighted by Gasteiger charge is -2.16. The largest absolute Gasteiger partial charge is 0.382 e. The fraction of sp³-hybridized carbons (Fsp3) is 0.600. The third-order valence-corrected chi connectivity index (χ3v) is 3.14. The molecule has 0 aromatic heterocycles. The summed E-state index contributed by atoms with van der Waals surface area (Å²) in [6, 6.07) is 4.66. The predicted molar refractivity (Wildman–Crippen MR) is 73.4 cm³/mol. The number of nitrogens with two attached hydrogens (primary N) is 1. The van der Waals surface area contributed by atoms with Crippen LogP contribution in [-0.4, -0.2) is 19.3 Å². The first-order chi connectivity index (χ1) is 8.04. The van der Waals surface area contributed by atoms with Crippen LogP contribution in [0.1, 0.15) is 35.6 Å². The van der Waals surface area contributed by atoms with E-state index in [1.165, 1.54) is 22.3 Å². The molecule has 2 nitrogen and oxygen atoms in total. The molecule has 1 aromatic carbocycles. The molecule has 0 radical (unpaired) electrons. The molecule has 0 aliphatic heterocycles. The van der Waals surface area contributed by atoms with Gasteiger partial charge in [-0.05, 0) is 57.2 Å². The van der Waals surface area contributed by atoms with Crippen LogP contribution >= 0.6 is 0 Å². The lowest BCUT2D eigenvalue weighted by atomic mass is 9.94. The van der Waals surface area contributed by atoms with Gasteiger partial charge < -0.3 is 10.5 Å². The maximum absolute atomic E-state index is 6.14. The lowest BCUT2D eigenvalue weighted by molar-refractivity contribution is 0.140. The zero-order valence-electron chi connectivity index (χ0n) is 11.5. The molecular weight excluding hydrogens is 210 g/mol. The van der Waals surface area contributed by atoms with E-state index in [0.717, 1.165) is 26.1 Å². The summed E-state index contributed by atoms with van der Waals surface area (Å²) in [7, 11) is 0. The normalized spacial score (nSPS) is 12.8. The molecule has 0 amide bonds. The van der Waals surface area contributed by atoms with Crippen LogP contribution in [0.25, 0.3) is 0 Å². The van der Waals surface area contributed by atoms with Gasteiger partial charge in [-0.2, -0.15) is 0 Å². The zero-order chi connectivity index (χ0) is 12.8. The third kappa shape index (κ3) is 4.49. The highest BCUT2D eigenvalue weighted by Crippen LogP contribution is 2.18. The first-order valence-corrected chi connectivity index (χ1v) is 6.44. The van der Waals surface area contributed by atoms with Gasteiger partial charge in [0.05, 0.1) is 0 Å². The molecule has 17 heavy (non-hydrogen) atoms. The average molecular weight is 235 g/mol. The van der Waals surface area contributed by atoms with E-state index in [4.69, 9.17) is 10.5 Å². The van der Waals surface area contributed by atoms with Crippen LogP contribution in [0.4, 0.5) is 0 Å². The molecule has 2 N–H and O–H groups in total. The second-order valence-corrected chi connectivity index (χ2v) is 4.83. The van der Waals surface area contributed by atoms with E-state index >= 15 is 0 Å². The SMILES string of the molecule is CCOCCC(N)Cc1c(C)cc(C)cc1C. The molecule has 0 heterocycles. The first kappa shape index (κ1) is 14.2. The fourth-order valence-electron chi connectivity index (χ4n) is 2.28. The van der Waals surface area contributed by atoms with Crippen molar-refractivity contribution < 1.29 is 4.74 Å². The van der Waals surface area contributed by atoms with Gasteiger partial charge in [0.15, 0.2) is 0 Å². The molecule has 0 saturated carbocycles. The molecule has 1 unspecified atom stereocenters. The third-order valence-electron chi connectivity index (χ3n) is 3.14. The first-order valence-electron chi connectivity index (χ1n) is 6.44. The Labute approximate surface area is 105 Å². The van der Waals surface area contributed by atoms with Gasteiger partial charge in [0.2, 0.25) is 0 Å². The number of ether oxygens (including phenoxy) is 1. The smallest absolute Gasteiger partial charge is 0.0480 e. The maximum Gasteiger partial charge on any atom is 0.0480 e. The van der Waals surface area contributed by atoms with Crippen molar-refractivity contribution in [3.63, 3.8) is 0 Å². The van der Waals surface area contributed by atoms with E-state index in [1.807, 2.05) is 6.92 Å². The second kappa shape index (κ2) is 6.77. The monoisotopic (exact) mass is 235 g/mol. The van der Waals surface area contributed by atoms with Crippen molar-refractivity contribution in [3.8, 4) is 0 Å². The zero-order valence-corrected chi connectivity index (χ0v) is 11.5. The molecule has 0 aliphatic carbocycles. The molecule has 1 atom stereocenters. The predicted octanol–water partition coefficient (Wildman–Crippen LogP) is 2.91. The summed E-state index contributed by atoms with van der Waals surface area (Å²) >= 11 is 0. The summed E-state index contributed by atoms with van der Waals surface area (Å²) in [5.41, 5.74) is 11.6. The van der Waals surface area contributed by atoms with Crippen LogP contribution in [0.15, 0.2) is 12.1 Å². The summed E-state index contributed by atoms with van der Waals surface area (Å²) < 4.78 is 5.34. The van der Waals surface area contributed by atoms with Gasteiger partial charge in [0.25, 0.3) is 0 Å². The number of rotatable bonds is 6. The second-order valence-electron chi connectivity index (χ2n) is 4.83. The van der Waals surface area contributed by atoms with Crippen molar-refractivity contribution in [2.24, 2.45) is 5.73 Å². The molecule has 2 heteroatoms. The van der Waals surface area contributed by atoms with Gasteiger partial charge >= 0.3 is 0 Å². The van der Waals surface area contributed by atoms with Crippen LogP contribution < -0.4 is 5.73 Å². The number of benzene rings is 1. The Kier molecular flexibility index (Phi) is 5.66. The lowest BCUT2D eigenvalue weighted by Crippen LogP contribution is -2.25. The van der Waals surface area contributed by atoms with Crippen LogP contribution in [0, 0.1) is 20.8 Å². The Morgan fingerprint density at radius 1 is 1.18 bits per heavy atom. The molecule has 0 fully saturated rings. The van der Waals surface area contributed by atoms with E-state index in [9.17, 15) is 0 Å². The van der Waals surface area contributed by atoms with Crippen molar-refractivity contribution >= 4 is 0 Å². The average Bonchev–Trinajstić information content (AvgIpc) is 2.24.